The van der Waals surface area contributed by atoms with Crippen LogP contribution in [0, 0.1) is 17.8 Å². The molecule has 4 nitrogen and oxygen atoms in total. The van der Waals surface area contributed by atoms with E-state index in [9.17, 15) is 8.42 Å². The van der Waals surface area contributed by atoms with E-state index in [0.29, 0.717) is 24.3 Å². The maximum Gasteiger partial charge on any atom is 0.240 e. The van der Waals surface area contributed by atoms with Gasteiger partial charge in [0.15, 0.2) is 0 Å². The van der Waals surface area contributed by atoms with Gasteiger partial charge in [-0.1, -0.05) is 39.3 Å². The molecule has 1 N–H and O–H groups in total. The summed E-state index contributed by atoms with van der Waals surface area (Å²) in [5, 5.41) is 0.173. The normalized spacial score (nSPS) is 12.6. The maximum atomic E-state index is 12.1. The summed E-state index contributed by atoms with van der Waals surface area (Å²) in [6, 6.07) is 2.79. The number of sulfonamides is 1. The van der Waals surface area contributed by atoms with Crippen molar-refractivity contribution in [3.63, 3.8) is 0 Å². The SMILES string of the molecule is CC(C)C(CNS(=O)(=O)c1ccnc(Cl)c1)C(C)C. The van der Waals surface area contributed by atoms with E-state index in [1.807, 2.05) is 0 Å². The van der Waals surface area contributed by atoms with Gasteiger partial charge in [-0.15, -0.1) is 0 Å². The standard InChI is InChI=1S/C13H21ClN2O2S/c1-9(2)12(10(3)4)8-16-19(17,18)11-5-6-15-13(14)7-11/h5-7,9-10,12,16H,8H2,1-4H3. The zero-order valence-corrected chi connectivity index (χ0v) is 13.3. The van der Waals surface area contributed by atoms with Gasteiger partial charge in [0.25, 0.3) is 0 Å². The lowest BCUT2D eigenvalue weighted by Gasteiger charge is -2.25. The molecule has 0 aliphatic rings. The first-order chi connectivity index (χ1) is 8.74. The van der Waals surface area contributed by atoms with Crippen LogP contribution in [0.5, 0.6) is 0 Å². The van der Waals surface area contributed by atoms with Gasteiger partial charge < -0.3 is 0 Å². The lowest BCUT2D eigenvalue weighted by molar-refractivity contribution is 0.289. The Balaban J connectivity index is 2.81. The van der Waals surface area contributed by atoms with Gasteiger partial charge in [0.05, 0.1) is 4.90 Å². The second-order valence-electron chi connectivity index (χ2n) is 5.32. The molecule has 0 aliphatic heterocycles. The number of nitrogens with one attached hydrogen (secondary N) is 1. The van der Waals surface area contributed by atoms with Crippen LogP contribution in [0.1, 0.15) is 27.7 Å². The smallest absolute Gasteiger partial charge is 0.240 e. The number of rotatable bonds is 6. The van der Waals surface area contributed by atoms with E-state index >= 15 is 0 Å². The Labute approximate surface area is 120 Å². The molecule has 0 saturated heterocycles. The molecule has 0 saturated carbocycles. The Morgan fingerprint density at radius 3 is 2.32 bits per heavy atom. The Bertz CT molecular complexity index is 507. The molecule has 1 heterocycles. The van der Waals surface area contributed by atoms with Crippen molar-refractivity contribution < 1.29 is 8.42 Å². The van der Waals surface area contributed by atoms with Crippen LogP contribution in [0.3, 0.4) is 0 Å². The molecule has 0 atom stereocenters. The average Bonchev–Trinajstić information content (AvgIpc) is 2.28. The predicted octanol–water partition coefficient (Wildman–Crippen LogP) is 2.94. The van der Waals surface area contributed by atoms with Crippen LogP contribution < -0.4 is 4.72 Å². The molecule has 1 aromatic heterocycles. The third-order valence-corrected chi connectivity index (χ3v) is 4.86. The van der Waals surface area contributed by atoms with Gasteiger partial charge in [-0.25, -0.2) is 18.1 Å². The van der Waals surface area contributed by atoms with Gasteiger partial charge in [-0.05, 0) is 29.9 Å². The number of hydrogen-bond acceptors (Lipinski definition) is 3. The maximum absolute atomic E-state index is 12.1. The minimum atomic E-state index is -3.52. The van der Waals surface area contributed by atoms with Gasteiger partial charge in [0.1, 0.15) is 5.15 Å². The summed E-state index contributed by atoms with van der Waals surface area (Å²) in [5.74, 6) is 1.14. The average molecular weight is 305 g/mol. The fourth-order valence-corrected chi connectivity index (χ4v) is 3.41. The van der Waals surface area contributed by atoms with Crippen LogP contribution >= 0.6 is 11.6 Å². The quantitative estimate of drug-likeness (QED) is 0.822. The zero-order valence-electron chi connectivity index (χ0n) is 11.7. The van der Waals surface area contributed by atoms with Crippen molar-refractivity contribution >= 4 is 21.6 Å². The molecule has 0 aromatic carbocycles. The molecule has 6 heteroatoms. The van der Waals surface area contributed by atoms with Crippen LogP contribution in [-0.4, -0.2) is 19.9 Å². The van der Waals surface area contributed by atoms with Crippen molar-refractivity contribution in [2.45, 2.75) is 32.6 Å². The van der Waals surface area contributed by atoms with Gasteiger partial charge in [0, 0.05) is 12.7 Å². The van der Waals surface area contributed by atoms with Crippen LogP contribution in [0.2, 0.25) is 5.15 Å². The minimum absolute atomic E-state index is 0.152. The largest absolute Gasteiger partial charge is 0.244 e. The first kappa shape index (κ1) is 16.4. The zero-order chi connectivity index (χ0) is 14.6. The first-order valence-corrected chi connectivity index (χ1v) is 8.21. The Kier molecular flexibility index (Phi) is 5.77. The molecule has 0 unspecified atom stereocenters. The molecule has 0 radical (unpaired) electrons. The molecule has 0 spiro atoms. The highest BCUT2D eigenvalue weighted by Gasteiger charge is 2.21. The minimum Gasteiger partial charge on any atom is -0.244 e. The monoisotopic (exact) mass is 304 g/mol. The second-order valence-corrected chi connectivity index (χ2v) is 7.47. The highest BCUT2D eigenvalue weighted by Crippen LogP contribution is 2.20. The second kappa shape index (κ2) is 6.68. The molecule has 0 fully saturated rings. The van der Waals surface area contributed by atoms with Crippen LogP contribution in [0.4, 0.5) is 0 Å². The summed E-state index contributed by atoms with van der Waals surface area (Å²) in [7, 11) is -3.52. The highest BCUT2D eigenvalue weighted by molar-refractivity contribution is 7.89. The molecule has 0 bridgehead atoms. The molecule has 19 heavy (non-hydrogen) atoms. The van der Waals surface area contributed by atoms with Gasteiger partial charge in [-0.3, -0.25) is 0 Å². The third-order valence-electron chi connectivity index (χ3n) is 3.23. The van der Waals surface area contributed by atoms with E-state index in [1.54, 1.807) is 0 Å². The highest BCUT2D eigenvalue weighted by atomic mass is 35.5. The van der Waals surface area contributed by atoms with Crippen molar-refractivity contribution in [2.24, 2.45) is 17.8 Å². The van der Waals surface area contributed by atoms with Crippen molar-refractivity contribution in [1.82, 2.24) is 9.71 Å². The lowest BCUT2D eigenvalue weighted by atomic mass is 9.86. The van der Waals surface area contributed by atoms with Crippen molar-refractivity contribution in [3.05, 3.63) is 23.5 Å². The molecule has 108 valence electrons. The predicted molar refractivity (Wildman–Crippen MR) is 77.6 cm³/mol. The van der Waals surface area contributed by atoms with E-state index in [-0.39, 0.29) is 10.0 Å². The Hall–Kier alpha value is -0.650. The van der Waals surface area contributed by atoms with E-state index in [2.05, 4.69) is 37.4 Å². The number of halogens is 1. The van der Waals surface area contributed by atoms with Gasteiger partial charge >= 0.3 is 0 Å². The summed E-state index contributed by atoms with van der Waals surface area (Å²) in [6.45, 7) is 8.83. The van der Waals surface area contributed by atoms with E-state index < -0.39 is 10.0 Å². The number of nitrogens with zero attached hydrogens (tertiary/aromatic N) is 1. The first-order valence-electron chi connectivity index (χ1n) is 6.35. The summed E-state index contributed by atoms with van der Waals surface area (Å²) >= 11 is 5.71. The molecular weight excluding hydrogens is 284 g/mol. The third kappa shape index (κ3) is 4.75. The molecule has 1 rings (SSSR count). The van der Waals surface area contributed by atoms with Crippen LogP contribution in [0.15, 0.2) is 23.2 Å². The van der Waals surface area contributed by atoms with E-state index in [1.165, 1.54) is 18.3 Å². The van der Waals surface area contributed by atoms with E-state index in [4.69, 9.17) is 11.6 Å². The Morgan fingerprint density at radius 2 is 1.84 bits per heavy atom. The summed E-state index contributed by atoms with van der Waals surface area (Å²) in [6.07, 6.45) is 1.39. The number of hydrogen-bond donors (Lipinski definition) is 1. The van der Waals surface area contributed by atoms with Crippen molar-refractivity contribution in [2.75, 3.05) is 6.54 Å². The topological polar surface area (TPSA) is 59.1 Å². The molecular formula is C13H21ClN2O2S. The van der Waals surface area contributed by atoms with Gasteiger partial charge in [0.2, 0.25) is 10.0 Å². The summed E-state index contributed by atoms with van der Waals surface area (Å²) in [5.41, 5.74) is 0. The van der Waals surface area contributed by atoms with Crippen molar-refractivity contribution in [1.29, 1.82) is 0 Å². The van der Waals surface area contributed by atoms with Gasteiger partial charge in [-0.2, -0.15) is 0 Å². The molecule has 1 aromatic rings. The lowest BCUT2D eigenvalue weighted by Crippen LogP contribution is -2.34. The van der Waals surface area contributed by atoms with E-state index in [0.717, 1.165) is 0 Å². The van der Waals surface area contributed by atoms with Crippen LogP contribution in [-0.2, 0) is 10.0 Å². The fraction of sp³-hybridized carbons (Fsp3) is 0.615. The van der Waals surface area contributed by atoms with Crippen LogP contribution in [0.25, 0.3) is 0 Å². The summed E-state index contributed by atoms with van der Waals surface area (Å²) < 4.78 is 26.9. The number of aromatic nitrogens is 1. The fourth-order valence-electron chi connectivity index (χ4n) is 2.08. The van der Waals surface area contributed by atoms with Crippen molar-refractivity contribution in [3.8, 4) is 0 Å². The number of pyridine rings is 1. The molecule has 0 amide bonds. The molecule has 0 aliphatic carbocycles. The summed E-state index contributed by atoms with van der Waals surface area (Å²) in [4.78, 5) is 3.93. The Morgan fingerprint density at radius 1 is 1.26 bits per heavy atom.